The van der Waals surface area contributed by atoms with Crippen LogP contribution in [-0.4, -0.2) is 28.6 Å². The molecule has 0 amide bonds. The molecule has 0 saturated carbocycles. The van der Waals surface area contributed by atoms with Gasteiger partial charge in [-0.05, 0) is 32.4 Å². The molecule has 1 unspecified atom stereocenters. The van der Waals surface area contributed by atoms with E-state index in [0.29, 0.717) is 18.0 Å². The van der Waals surface area contributed by atoms with Crippen molar-refractivity contribution in [3.8, 4) is 0 Å². The first kappa shape index (κ1) is 15.1. The van der Waals surface area contributed by atoms with Crippen LogP contribution in [0.3, 0.4) is 0 Å². The number of hydrogen-bond donors (Lipinski definition) is 2. The number of benzene rings is 1. The molecule has 0 aliphatic heterocycles. The van der Waals surface area contributed by atoms with Crippen LogP contribution in [0.4, 0.5) is 0 Å². The number of esters is 1. The highest BCUT2D eigenvalue weighted by atomic mass is 16.5. The first-order valence-corrected chi connectivity index (χ1v) is 7.24. The number of rotatable bonds is 6. The molecule has 0 radical (unpaired) electrons. The van der Waals surface area contributed by atoms with Gasteiger partial charge in [0.15, 0.2) is 0 Å². The van der Waals surface area contributed by atoms with Gasteiger partial charge in [0.05, 0.1) is 17.6 Å². The Kier molecular flexibility index (Phi) is 4.98. The Labute approximate surface area is 124 Å². The zero-order valence-corrected chi connectivity index (χ0v) is 12.6. The van der Waals surface area contributed by atoms with Crippen molar-refractivity contribution in [2.24, 2.45) is 0 Å². The minimum Gasteiger partial charge on any atom is -0.462 e. The summed E-state index contributed by atoms with van der Waals surface area (Å²) >= 11 is 0. The van der Waals surface area contributed by atoms with Crippen LogP contribution in [0.2, 0.25) is 0 Å². The molecule has 1 heterocycles. The standard InChI is InChI=1S/C16H21N3O2/c1-4-11(3)17-10-12(16(20)21-5-2)15-18-13-8-6-7-9-14(13)19-15/h6-11,17H,4-5H2,1-3H3,(H,18,19)/b12-10+. The van der Waals surface area contributed by atoms with E-state index in [4.69, 9.17) is 4.74 Å². The minimum atomic E-state index is -0.382. The fourth-order valence-electron chi connectivity index (χ4n) is 1.86. The molecule has 2 rings (SSSR count). The maximum Gasteiger partial charge on any atom is 0.343 e. The number of fused-ring (bicyclic) bond motifs is 1. The number of carbonyl (C=O) groups excluding carboxylic acids is 1. The van der Waals surface area contributed by atoms with Crippen molar-refractivity contribution >= 4 is 22.6 Å². The first-order valence-electron chi connectivity index (χ1n) is 7.24. The Hall–Kier alpha value is -2.30. The summed E-state index contributed by atoms with van der Waals surface area (Å²) in [5.41, 5.74) is 2.13. The quantitative estimate of drug-likeness (QED) is 0.633. The van der Waals surface area contributed by atoms with Crippen LogP contribution >= 0.6 is 0 Å². The number of aromatic amines is 1. The van der Waals surface area contributed by atoms with Crippen LogP contribution in [-0.2, 0) is 9.53 Å². The third kappa shape index (κ3) is 3.62. The lowest BCUT2D eigenvalue weighted by Crippen LogP contribution is -2.21. The molecule has 1 aromatic heterocycles. The van der Waals surface area contributed by atoms with Gasteiger partial charge in [0.2, 0.25) is 0 Å². The van der Waals surface area contributed by atoms with E-state index < -0.39 is 0 Å². The lowest BCUT2D eigenvalue weighted by Gasteiger charge is -2.10. The summed E-state index contributed by atoms with van der Waals surface area (Å²) in [7, 11) is 0. The third-order valence-electron chi connectivity index (χ3n) is 3.26. The van der Waals surface area contributed by atoms with E-state index in [-0.39, 0.29) is 12.0 Å². The van der Waals surface area contributed by atoms with Gasteiger partial charge < -0.3 is 15.0 Å². The Bertz CT molecular complexity index is 613. The summed E-state index contributed by atoms with van der Waals surface area (Å²) in [6.07, 6.45) is 2.65. The number of aromatic nitrogens is 2. The molecule has 0 aliphatic carbocycles. The average molecular weight is 287 g/mol. The number of imidazole rings is 1. The number of para-hydroxylation sites is 2. The maximum absolute atomic E-state index is 12.1. The molecule has 2 aromatic rings. The van der Waals surface area contributed by atoms with E-state index in [2.05, 4.69) is 29.1 Å². The fraction of sp³-hybridized carbons (Fsp3) is 0.375. The van der Waals surface area contributed by atoms with Crippen LogP contribution in [0.1, 0.15) is 33.0 Å². The Morgan fingerprint density at radius 3 is 2.86 bits per heavy atom. The second-order valence-corrected chi connectivity index (χ2v) is 4.86. The summed E-state index contributed by atoms with van der Waals surface area (Å²) in [4.78, 5) is 19.7. The molecule has 0 bridgehead atoms. The van der Waals surface area contributed by atoms with Gasteiger partial charge in [-0.1, -0.05) is 19.1 Å². The van der Waals surface area contributed by atoms with E-state index in [0.717, 1.165) is 17.5 Å². The molecule has 5 nitrogen and oxygen atoms in total. The van der Waals surface area contributed by atoms with Crippen LogP contribution in [0.5, 0.6) is 0 Å². The predicted molar refractivity (Wildman–Crippen MR) is 83.6 cm³/mol. The van der Waals surface area contributed by atoms with Crippen LogP contribution in [0, 0.1) is 0 Å². The Balaban J connectivity index is 2.35. The number of hydrogen-bond acceptors (Lipinski definition) is 4. The molecule has 1 atom stereocenters. The molecule has 112 valence electrons. The van der Waals surface area contributed by atoms with E-state index in [1.54, 1.807) is 13.1 Å². The lowest BCUT2D eigenvalue weighted by molar-refractivity contribution is -0.136. The average Bonchev–Trinajstić information content (AvgIpc) is 2.91. The highest BCUT2D eigenvalue weighted by molar-refractivity contribution is 6.15. The number of carbonyl (C=O) groups is 1. The third-order valence-corrected chi connectivity index (χ3v) is 3.26. The van der Waals surface area contributed by atoms with Gasteiger partial charge in [0.1, 0.15) is 11.4 Å². The molecule has 1 aromatic carbocycles. The Morgan fingerprint density at radius 2 is 2.19 bits per heavy atom. The van der Waals surface area contributed by atoms with Crippen LogP contribution in [0.25, 0.3) is 16.6 Å². The van der Waals surface area contributed by atoms with Crippen molar-refractivity contribution in [1.82, 2.24) is 15.3 Å². The van der Waals surface area contributed by atoms with Gasteiger partial charge in [0, 0.05) is 12.2 Å². The largest absolute Gasteiger partial charge is 0.462 e. The fourth-order valence-corrected chi connectivity index (χ4v) is 1.86. The number of nitrogens with zero attached hydrogens (tertiary/aromatic N) is 1. The van der Waals surface area contributed by atoms with Crippen molar-refractivity contribution < 1.29 is 9.53 Å². The SMILES string of the molecule is CCOC(=O)/C(=C/NC(C)CC)c1nc2ccccc2[nH]1. The van der Waals surface area contributed by atoms with E-state index >= 15 is 0 Å². The monoisotopic (exact) mass is 287 g/mol. The summed E-state index contributed by atoms with van der Waals surface area (Å²) in [5, 5.41) is 3.19. The second kappa shape index (κ2) is 6.92. The highest BCUT2D eigenvalue weighted by Crippen LogP contribution is 2.17. The second-order valence-electron chi connectivity index (χ2n) is 4.86. The highest BCUT2D eigenvalue weighted by Gasteiger charge is 2.17. The lowest BCUT2D eigenvalue weighted by atomic mass is 10.2. The van der Waals surface area contributed by atoms with E-state index in [1.807, 2.05) is 24.3 Å². The number of nitrogens with one attached hydrogen (secondary N) is 2. The summed E-state index contributed by atoms with van der Waals surface area (Å²) in [6.45, 7) is 6.25. The van der Waals surface area contributed by atoms with Gasteiger partial charge in [-0.3, -0.25) is 0 Å². The smallest absolute Gasteiger partial charge is 0.343 e. The first-order chi connectivity index (χ1) is 10.2. The topological polar surface area (TPSA) is 67.0 Å². The van der Waals surface area contributed by atoms with E-state index in [1.165, 1.54) is 0 Å². The van der Waals surface area contributed by atoms with Crippen molar-refractivity contribution in [3.63, 3.8) is 0 Å². The van der Waals surface area contributed by atoms with Gasteiger partial charge in [0.25, 0.3) is 0 Å². The number of H-pyrrole nitrogens is 1. The van der Waals surface area contributed by atoms with Crippen molar-refractivity contribution in [2.45, 2.75) is 33.2 Å². The molecule has 2 N–H and O–H groups in total. The molecular weight excluding hydrogens is 266 g/mol. The minimum absolute atomic E-state index is 0.277. The summed E-state index contributed by atoms with van der Waals surface area (Å²) in [5.74, 6) is 0.137. The molecular formula is C16H21N3O2. The van der Waals surface area contributed by atoms with Crippen molar-refractivity contribution in [3.05, 3.63) is 36.3 Å². The summed E-state index contributed by atoms with van der Waals surface area (Å²) < 4.78 is 5.11. The van der Waals surface area contributed by atoms with Crippen molar-refractivity contribution in [1.29, 1.82) is 0 Å². The van der Waals surface area contributed by atoms with Crippen LogP contribution < -0.4 is 5.32 Å². The molecule has 0 saturated heterocycles. The number of ether oxygens (including phenoxy) is 1. The van der Waals surface area contributed by atoms with Gasteiger partial charge in [-0.25, -0.2) is 9.78 Å². The Morgan fingerprint density at radius 1 is 1.43 bits per heavy atom. The zero-order valence-electron chi connectivity index (χ0n) is 12.6. The zero-order chi connectivity index (χ0) is 15.2. The maximum atomic E-state index is 12.1. The summed E-state index contributed by atoms with van der Waals surface area (Å²) in [6, 6.07) is 7.95. The van der Waals surface area contributed by atoms with Gasteiger partial charge >= 0.3 is 5.97 Å². The predicted octanol–water partition coefficient (Wildman–Crippen LogP) is 2.86. The van der Waals surface area contributed by atoms with Gasteiger partial charge in [-0.15, -0.1) is 0 Å². The van der Waals surface area contributed by atoms with Gasteiger partial charge in [-0.2, -0.15) is 0 Å². The van der Waals surface area contributed by atoms with Crippen LogP contribution in [0.15, 0.2) is 30.5 Å². The normalized spacial score (nSPS) is 13.2. The molecule has 0 aliphatic rings. The molecule has 5 heteroatoms. The van der Waals surface area contributed by atoms with Crippen molar-refractivity contribution in [2.75, 3.05) is 6.61 Å². The van der Waals surface area contributed by atoms with E-state index in [9.17, 15) is 4.79 Å². The molecule has 0 spiro atoms. The molecule has 21 heavy (non-hydrogen) atoms. The molecule has 0 fully saturated rings.